The first-order chi connectivity index (χ1) is 14.2. The van der Waals surface area contributed by atoms with Gasteiger partial charge in [0.05, 0.1) is 24.9 Å². The molecule has 1 saturated heterocycles. The number of hydrogen-bond donors (Lipinski definition) is 2. The molecule has 2 aromatic rings. The van der Waals surface area contributed by atoms with E-state index in [0.29, 0.717) is 18.9 Å². The molecule has 1 amide bonds. The standard InChI is InChI=1S/C23H30N2O4/c1-2-3-13-28-22-12-5-4-11-21(22)24-16-23(26)25-18-8-6-9-19(15-18)29-17-20-10-7-14-27-20/h4-6,8-9,11-12,15,20,24H,2-3,7,10,13-14,16-17H2,1H3,(H,25,26). The number of carbonyl (C=O) groups is 1. The van der Waals surface area contributed by atoms with E-state index in [1.807, 2.05) is 48.5 Å². The maximum Gasteiger partial charge on any atom is 0.243 e. The topological polar surface area (TPSA) is 68.8 Å². The lowest BCUT2D eigenvalue weighted by Crippen LogP contribution is -2.22. The Balaban J connectivity index is 1.47. The van der Waals surface area contributed by atoms with Gasteiger partial charge in [0, 0.05) is 18.4 Å². The van der Waals surface area contributed by atoms with Crippen molar-refractivity contribution in [1.82, 2.24) is 0 Å². The van der Waals surface area contributed by atoms with Gasteiger partial charge in [0.25, 0.3) is 0 Å². The maximum absolute atomic E-state index is 12.4. The number of rotatable bonds is 11. The van der Waals surface area contributed by atoms with Crippen molar-refractivity contribution in [2.75, 3.05) is 37.0 Å². The Morgan fingerprint density at radius 2 is 2.07 bits per heavy atom. The predicted molar refractivity (Wildman–Crippen MR) is 115 cm³/mol. The number of nitrogens with one attached hydrogen (secondary N) is 2. The molecular formula is C23H30N2O4. The van der Waals surface area contributed by atoms with Crippen LogP contribution in [0.4, 0.5) is 11.4 Å². The monoisotopic (exact) mass is 398 g/mol. The van der Waals surface area contributed by atoms with Crippen molar-refractivity contribution in [2.24, 2.45) is 0 Å². The van der Waals surface area contributed by atoms with E-state index in [-0.39, 0.29) is 18.6 Å². The molecule has 1 aliphatic heterocycles. The number of amides is 1. The van der Waals surface area contributed by atoms with Gasteiger partial charge in [-0.3, -0.25) is 4.79 Å². The Labute approximate surface area is 172 Å². The van der Waals surface area contributed by atoms with E-state index in [1.54, 1.807) is 0 Å². The maximum atomic E-state index is 12.4. The molecule has 2 aromatic carbocycles. The summed E-state index contributed by atoms with van der Waals surface area (Å²) in [6.45, 7) is 4.29. The molecule has 3 rings (SSSR count). The highest BCUT2D eigenvalue weighted by Crippen LogP contribution is 2.24. The van der Waals surface area contributed by atoms with Crippen LogP contribution in [0.15, 0.2) is 48.5 Å². The number of ether oxygens (including phenoxy) is 3. The molecule has 29 heavy (non-hydrogen) atoms. The molecule has 156 valence electrons. The Morgan fingerprint density at radius 3 is 2.90 bits per heavy atom. The van der Waals surface area contributed by atoms with Gasteiger partial charge < -0.3 is 24.8 Å². The van der Waals surface area contributed by atoms with Crippen LogP contribution in [0.2, 0.25) is 0 Å². The zero-order valence-electron chi connectivity index (χ0n) is 17.0. The summed E-state index contributed by atoms with van der Waals surface area (Å²) in [5.41, 5.74) is 1.52. The van der Waals surface area contributed by atoms with Crippen molar-refractivity contribution >= 4 is 17.3 Å². The van der Waals surface area contributed by atoms with E-state index >= 15 is 0 Å². The summed E-state index contributed by atoms with van der Waals surface area (Å²) in [5, 5.41) is 6.05. The Morgan fingerprint density at radius 1 is 1.17 bits per heavy atom. The third kappa shape index (κ3) is 6.98. The van der Waals surface area contributed by atoms with Crippen LogP contribution in [0.3, 0.4) is 0 Å². The molecule has 1 unspecified atom stereocenters. The van der Waals surface area contributed by atoms with Crippen molar-refractivity contribution in [2.45, 2.75) is 38.7 Å². The molecule has 0 aromatic heterocycles. The molecule has 1 atom stereocenters. The molecular weight excluding hydrogens is 368 g/mol. The second kappa shape index (κ2) is 11.3. The van der Waals surface area contributed by atoms with Gasteiger partial charge in [-0.1, -0.05) is 31.5 Å². The zero-order chi connectivity index (χ0) is 20.3. The molecule has 2 N–H and O–H groups in total. The Bertz CT molecular complexity index is 775. The first-order valence-corrected chi connectivity index (χ1v) is 10.3. The van der Waals surface area contributed by atoms with Gasteiger partial charge in [-0.25, -0.2) is 0 Å². The summed E-state index contributed by atoms with van der Waals surface area (Å²) in [7, 11) is 0. The van der Waals surface area contributed by atoms with Crippen LogP contribution in [0.25, 0.3) is 0 Å². The van der Waals surface area contributed by atoms with Crippen LogP contribution in [0.1, 0.15) is 32.6 Å². The summed E-state index contributed by atoms with van der Waals surface area (Å²) >= 11 is 0. The SMILES string of the molecule is CCCCOc1ccccc1NCC(=O)Nc1cccc(OCC2CCCO2)c1. The van der Waals surface area contributed by atoms with Gasteiger partial charge in [-0.05, 0) is 43.5 Å². The largest absolute Gasteiger partial charge is 0.491 e. The lowest BCUT2D eigenvalue weighted by molar-refractivity contribution is -0.114. The fourth-order valence-corrected chi connectivity index (χ4v) is 3.07. The second-order valence-corrected chi connectivity index (χ2v) is 7.07. The lowest BCUT2D eigenvalue weighted by atomic mass is 10.2. The van der Waals surface area contributed by atoms with E-state index in [4.69, 9.17) is 14.2 Å². The van der Waals surface area contributed by atoms with Crippen LogP contribution < -0.4 is 20.1 Å². The normalized spacial score (nSPS) is 15.7. The van der Waals surface area contributed by atoms with Crippen LogP contribution in [0.5, 0.6) is 11.5 Å². The van der Waals surface area contributed by atoms with Gasteiger partial charge in [0.2, 0.25) is 5.91 Å². The number of benzene rings is 2. The van der Waals surface area contributed by atoms with Crippen LogP contribution in [-0.4, -0.2) is 38.4 Å². The summed E-state index contributed by atoms with van der Waals surface area (Å²) in [6.07, 6.45) is 4.36. The molecule has 1 fully saturated rings. The average Bonchev–Trinajstić information content (AvgIpc) is 3.26. The number of unbranched alkanes of at least 4 members (excludes halogenated alkanes) is 1. The first kappa shape index (κ1) is 21.0. The van der Waals surface area contributed by atoms with Gasteiger partial charge in [0.15, 0.2) is 0 Å². The molecule has 1 aliphatic rings. The average molecular weight is 399 g/mol. The quantitative estimate of drug-likeness (QED) is 0.547. The predicted octanol–water partition coefficient (Wildman–Crippen LogP) is 4.47. The highest BCUT2D eigenvalue weighted by molar-refractivity contribution is 5.94. The molecule has 0 radical (unpaired) electrons. The van der Waals surface area contributed by atoms with Crippen molar-refractivity contribution in [3.63, 3.8) is 0 Å². The number of para-hydroxylation sites is 2. The van der Waals surface area contributed by atoms with E-state index in [9.17, 15) is 4.79 Å². The lowest BCUT2D eigenvalue weighted by Gasteiger charge is -2.14. The smallest absolute Gasteiger partial charge is 0.243 e. The number of anilines is 2. The van der Waals surface area contributed by atoms with E-state index < -0.39 is 0 Å². The minimum absolute atomic E-state index is 0.135. The fourth-order valence-electron chi connectivity index (χ4n) is 3.07. The van der Waals surface area contributed by atoms with Crippen molar-refractivity contribution in [1.29, 1.82) is 0 Å². The fraction of sp³-hybridized carbons (Fsp3) is 0.435. The molecule has 0 spiro atoms. The third-order valence-electron chi connectivity index (χ3n) is 4.66. The highest BCUT2D eigenvalue weighted by Gasteiger charge is 2.16. The highest BCUT2D eigenvalue weighted by atomic mass is 16.5. The first-order valence-electron chi connectivity index (χ1n) is 10.3. The third-order valence-corrected chi connectivity index (χ3v) is 4.66. The minimum atomic E-state index is -0.135. The molecule has 1 heterocycles. The van der Waals surface area contributed by atoms with Gasteiger partial charge in [-0.2, -0.15) is 0 Å². The van der Waals surface area contributed by atoms with Crippen LogP contribution in [-0.2, 0) is 9.53 Å². The van der Waals surface area contributed by atoms with Gasteiger partial charge in [0.1, 0.15) is 18.1 Å². The van der Waals surface area contributed by atoms with Crippen molar-refractivity contribution in [3.05, 3.63) is 48.5 Å². The van der Waals surface area contributed by atoms with Gasteiger partial charge in [-0.15, -0.1) is 0 Å². The Hall–Kier alpha value is -2.73. The molecule has 0 saturated carbocycles. The number of hydrogen-bond acceptors (Lipinski definition) is 5. The Kier molecular flexibility index (Phi) is 8.19. The summed E-state index contributed by atoms with van der Waals surface area (Å²) in [6, 6.07) is 15.1. The van der Waals surface area contributed by atoms with Gasteiger partial charge >= 0.3 is 0 Å². The van der Waals surface area contributed by atoms with E-state index in [2.05, 4.69) is 17.6 Å². The van der Waals surface area contributed by atoms with E-state index in [1.165, 1.54) is 0 Å². The summed E-state index contributed by atoms with van der Waals surface area (Å²) in [5.74, 6) is 1.35. The number of carbonyl (C=O) groups excluding carboxylic acids is 1. The summed E-state index contributed by atoms with van der Waals surface area (Å²) in [4.78, 5) is 12.4. The van der Waals surface area contributed by atoms with Crippen LogP contribution >= 0.6 is 0 Å². The molecule has 6 heteroatoms. The molecule has 6 nitrogen and oxygen atoms in total. The minimum Gasteiger partial charge on any atom is -0.491 e. The molecule has 0 bridgehead atoms. The molecule has 0 aliphatic carbocycles. The second-order valence-electron chi connectivity index (χ2n) is 7.07. The van der Waals surface area contributed by atoms with Crippen molar-refractivity contribution < 1.29 is 19.0 Å². The summed E-state index contributed by atoms with van der Waals surface area (Å²) < 4.78 is 17.2. The van der Waals surface area contributed by atoms with Crippen LogP contribution in [0, 0.1) is 0 Å². The van der Waals surface area contributed by atoms with E-state index in [0.717, 1.165) is 49.5 Å². The van der Waals surface area contributed by atoms with Crippen molar-refractivity contribution in [3.8, 4) is 11.5 Å². The zero-order valence-corrected chi connectivity index (χ0v) is 17.0.